The van der Waals surface area contributed by atoms with E-state index in [1.54, 1.807) is 12.1 Å². The molecule has 0 aromatic heterocycles. The summed E-state index contributed by atoms with van der Waals surface area (Å²) in [5.41, 5.74) is 2.93. The van der Waals surface area contributed by atoms with E-state index in [-0.39, 0.29) is 17.6 Å². The van der Waals surface area contributed by atoms with Crippen molar-refractivity contribution in [2.75, 3.05) is 11.4 Å². The largest absolute Gasteiger partial charge is 0.312 e. The number of carbonyl (C=O) groups is 1. The summed E-state index contributed by atoms with van der Waals surface area (Å²) in [6.07, 6.45) is 0.373. The molecule has 0 bridgehead atoms. The molecule has 3 aromatic carbocycles. The minimum absolute atomic E-state index is 0.0922. The minimum Gasteiger partial charge on any atom is -0.312 e. The van der Waals surface area contributed by atoms with E-state index in [4.69, 9.17) is 0 Å². The molecular weight excluding hydrogens is 301 g/mol. The lowest BCUT2D eigenvalue weighted by Crippen LogP contribution is -2.36. The zero-order valence-electron chi connectivity index (χ0n) is 13.5. The molecule has 4 rings (SSSR count). The summed E-state index contributed by atoms with van der Waals surface area (Å²) in [7, 11) is 0. The summed E-state index contributed by atoms with van der Waals surface area (Å²) in [5, 5.41) is 2.28. The number of benzene rings is 3. The van der Waals surface area contributed by atoms with Crippen LogP contribution in [0.15, 0.2) is 60.7 Å². The Morgan fingerprint density at radius 1 is 1.08 bits per heavy atom. The van der Waals surface area contributed by atoms with Crippen LogP contribution in [0.2, 0.25) is 0 Å². The Bertz CT molecular complexity index is 934. The Kier molecular flexibility index (Phi) is 3.57. The number of amides is 1. The van der Waals surface area contributed by atoms with Gasteiger partial charge in [-0.15, -0.1) is 0 Å². The van der Waals surface area contributed by atoms with Gasteiger partial charge in [-0.05, 0) is 47.0 Å². The SMILES string of the molecule is CCN1C(=O)CC(c2cccc(F)c2)c2c1ccc1ccccc21. The molecule has 24 heavy (non-hydrogen) atoms. The van der Waals surface area contributed by atoms with Gasteiger partial charge in [-0.2, -0.15) is 0 Å². The highest BCUT2D eigenvalue weighted by atomic mass is 19.1. The maximum atomic E-state index is 13.8. The third kappa shape index (κ3) is 2.28. The second-order valence-electron chi connectivity index (χ2n) is 6.17. The van der Waals surface area contributed by atoms with Crippen LogP contribution in [-0.2, 0) is 4.79 Å². The molecule has 0 fully saturated rings. The van der Waals surface area contributed by atoms with Crippen molar-refractivity contribution in [1.29, 1.82) is 0 Å². The molecule has 1 amide bonds. The third-order valence-corrected chi connectivity index (χ3v) is 4.83. The Morgan fingerprint density at radius 2 is 1.92 bits per heavy atom. The van der Waals surface area contributed by atoms with Gasteiger partial charge in [0.1, 0.15) is 5.82 Å². The topological polar surface area (TPSA) is 20.3 Å². The number of anilines is 1. The van der Waals surface area contributed by atoms with Crippen molar-refractivity contribution in [2.24, 2.45) is 0 Å². The predicted octanol–water partition coefficient (Wildman–Crippen LogP) is 4.87. The Morgan fingerprint density at radius 3 is 2.71 bits per heavy atom. The summed E-state index contributed by atoms with van der Waals surface area (Å²) < 4.78 is 13.8. The lowest BCUT2D eigenvalue weighted by molar-refractivity contribution is -0.119. The molecular formula is C21H18FNO. The van der Waals surface area contributed by atoms with Gasteiger partial charge in [-0.25, -0.2) is 4.39 Å². The lowest BCUT2D eigenvalue weighted by atomic mass is 9.81. The average molecular weight is 319 g/mol. The highest BCUT2D eigenvalue weighted by molar-refractivity contribution is 6.03. The van der Waals surface area contributed by atoms with Crippen LogP contribution < -0.4 is 4.90 Å². The van der Waals surface area contributed by atoms with E-state index in [1.165, 1.54) is 6.07 Å². The van der Waals surface area contributed by atoms with E-state index in [2.05, 4.69) is 18.2 Å². The molecule has 0 N–H and O–H groups in total. The number of fused-ring (bicyclic) bond motifs is 3. The van der Waals surface area contributed by atoms with E-state index in [0.29, 0.717) is 13.0 Å². The molecule has 2 nitrogen and oxygen atoms in total. The normalized spacial score (nSPS) is 17.2. The van der Waals surface area contributed by atoms with E-state index >= 15 is 0 Å². The number of halogens is 1. The second kappa shape index (κ2) is 5.75. The molecule has 1 unspecified atom stereocenters. The number of hydrogen-bond donors (Lipinski definition) is 0. The van der Waals surface area contributed by atoms with Crippen molar-refractivity contribution < 1.29 is 9.18 Å². The summed E-state index contributed by atoms with van der Waals surface area (Å²) >= 11 is 0. The zero-order valence-corrected chi connectivity index (χ0v) is 13.5. The molecule has 0 saturated heterocycles. The van der Waals surface area contributed by atoms with Gasteiger partial charge in [0.2, 0.25) is 5.91 Å². The molecule has 0 spiro atoms. The standard InChI is InChI=1S/C21H18FNO/c1-2-23-19-11-10-14-6-3-4-9-17(14)21(19)18(13-20(23)24)15-7-5-8-16(22)12-15/h3-12,18H,2,13H2,1H3. The molecule has 1 aliphatic heterocycles. The van der Waals surface area contributed by atoms with Crippen molar-refractivity contribution in [3.8, 4) is 0 Å². The molecule has 0 aliphatic carbocycles. The molecule has 1 atom stereocenters. The summed E-state index contributed by atoms with van der Waals surface area (Å²) in [6.45, 7) is 2.62. The molecule has 0 radical (unpaired) electrons. The Hall–Kier alpha value is -2.68. The summed E-state index contributed by atoms with van der Waals surface area (Å²) in [4.78, 5) is 14.5. The molecule has 1 aliphatic rings. The van der Waals surface area contributed by atoms with Crippen LogP contribution in [0.25, 0.3) is 10.8 Å². The molecule has 0 saturated carbocycles. The van der Waals surface area contributed by atoms with Crippen molar-refractivity contribution >= 4 is 22.4 Å². The first-order chi connectivity index (χ1) is 11.7. The van der Waals surface area contributed by atoms with Crippen LogP contribution in [-0.4, -0.2) is 12.5 Å². The van der Waals surface area contributed by atoms with Crippen molar-refractivity contribution in [3.63, 3.8) is 0 Å². The van der Waals surface area contributed by atoms with Gasteiger partial charge in [0.25, 0.3) is 0 Å². The zero-order chi connectivity index (χ0) is 16.7. The van der Waals surface area contributed by atoms with Gasteiger partial charge in [0, 0.05) is 24.6 Å². The molecule has 120 valence electrons. The fourth-order valence-corrected chi connectivity index (χ4v) is 3.76. The molecule has 3 aromatic rings. The van der Waals surface area contributed by atoms with E-state index in [0.717, 1.165) is 27.6 Å². The first-order valence-electron chi connectivity index (χ1n) is 8.26. The maximum absolute atomic E-state index is 13.8. The lowest BCUT2D eigenvalue weighted by Gasteiger charge is -2.34. The monoisotopic (exact) mass is 319 g/mol. The van der Waals surface area contributed by atoms with Crippen molar-refractivity contribution in [2.45, 2.75) is 19.3 Å². The fourth-order valence-electron chi connectivity index (χ4n) is 3.76. The highest BCUT2D eigenvalue weighted by Crippen LogP contribution is 2.43. The van der Waals surface area contributed by atoms with Crippen LogP contribution in [0, 0.1) is 5.82 Å². The quantitative estimate of drug-likeness (QED) is 0.660. The second-order valence-corrected chi connectivity index (χ2v) is 6.17. The average Bonchev–Trinajstić information content (AvgIpc) is 2.60. The maximum Gasteiger partial charge on any atom is 0.227 e. The van der Waals surface area contributed by atoms with Gasteiger partial charge >= 0.3 is 0 Å². The van der Waals surface area contributed by atoms with Gasteiger partial charge in [-0.1, -0.05) is 42.5 Å². The van der Waals surface area contributed by atoms with Gasteiger partial charge < -0.3 is 4.90 Å². The number of nitrogens with zero attached hydrogens (tertiary/aromatic N) is 1. The Labute approximate surface area is 140 Å². The minimum atomic E-state index is -0.264. The van der Waals surface area contributed by atoms with Crippen LogP contribution in [0.3, 0.4) is 0 Å². The van der Waals surface area contributed by atoms with E-state index in [1.807, 2.05) is 36.1 Å². The number of carbonyl (C=O) groups excluding carboxylic acids is 1. The smallest absolute Gasteiger partial charge is 0.227 e. The van der Waals surface area contributed by atoms with Crippen LogP contribution in [0.1, 0.15) is 30.4 Å². The van der Waals surface area contributed by atoms with Crippen LogP contribution >= 0.6 is 0 Å². The van der Waals surface area contributed by atoms with Crippen molar-refractivity contribution in [3.05, 3.63) is 77.6 Å². The molecule has 3 heteroatoms. The molecule has 1 heterocycles. The van der Waals surface area contributed by atoms with E-state index < -0.39 is 0 Å². The third-order valence-electron chi connectivity index (χ3n) is 4.83. The predicted molar refractivity (Wildman–Crippen MR) is 94.8 cm³/mol. The van der Waals surface area contributed by atoms with Gasteiger partial charge in [0.05, 0.1) is 0 Å². The highest BCUT2D eigenvalue weighted by Gasteiger charge is 2.32. The first kappa shape index (κ1) is 14.9. The van der Waals surface area contributed by atoms with E-state index in [9.17, 15) is 9.18 Å². The van der Waals surface area contributed by atoms with Gasteiger partial charge in [0.15, 0.2) is 0 Å². The summed E-state index contributed by atoms with van der Waals surface area (Å²) in [5.74, 6) is -0.286. The van der Waals surface area contributed by atoms with Crippen LogP contribution in [0.4, 0.5) is 10.1 Å². The Balaban J connectivity index is 2.01. The fraction of sp³-hybridized carbons (Fsp3) is 0.190. The first-order valence-corrected chi connectivity index (χ1v) is 8.26. The van der Waals surface area contributed by atoms with Gasteiger partial charge in [-0.3, -0.25) is 4.79 Å². The van der Waals surface area contributed by atoms with Crippen molar-refractivity contribution in [1.82, 2.24) is 0 Å². The number of rotatable bonds is 2. The number of hydrogen-bond acceptors (Lipinski definition) is 1. The van der Waals surface area contributed by atoms with Crippen LogP contribution in [0.5, 0.6) is 0 Å². The summed E-state index contributed by atoms with van der Waals surface area (Å²) in [6, 6.07) is 18.9.